The molecule has 3 heteroatoms. The van der Waals surface area contributed by atoms with Gasteiger partial charge in [0.2, 0.25) is 0 Å². The molecule has 0 spiro atoms. The van der Waals surface area contributed by atoms with Gasteiger partial charge in [0.25, 0.3) is 0 Å². The lowest BCUT2D eigenvalue weighted by Crippen LogP contribution is -2.50. The van der Waals surface area contributed by atoms with Gasteiger partial charge in [0.05, 0.1) is 18.6 Å². The van der Waals surface area contributed by atoms with E-state index in [2.05, 4.69) is 42.5 Å². The van der Waals surface area contributed by atoms with Gasteiger partial charge in [-0.1, -0.05) is 67.4 Å². The van der Waals surface area contributed by atoms with Gasteiger partial charge in [-0.25, -0.2) is 0 Å². The van der Waals surface area contributed by atoms with Crippen LogP contribution in [0.2, 0.25) is 0 Å². The number of carbonyl (C=O) groups is 1. The summed E-state index contributed by atoms with van der Waals surface area (Å²) in [5.74, 6) is -0.520. The third-order valence-corrected chi connectivity index (χ3v) is 6.73. The Morgan fingerprint density at radius 1 is 1.11 bits per heavy atom. The number of methoxy groups -OCH3 is 1. The molecule has 0 aromatic heterocycles. The highest BCUT2D eigenvalue weighted by atomic mass is 16.5. The van der Waals surface area contributed by atoms with Crippen LogP contribution in [-0.2, 0) is 22.4 Å². The Morgan fingerprint density at radius 3 is 2.63 bits per heavy atom. The van der Waals surface area contributed by atoms with Crippen LogP contribution in [-0.4, -0.2) is 23.8 Å². The Labute approximate surface area is 161 Å². The first-order valence-corrected chi connectivity index (χ1v) is 10.1. The first-order chi connectivity index (χ1) is 13.1. The highest BCUT2D eigenvalue weighted by Gasteiger charge is 2.53. The molecule has 0 unspecified atom stereocenters. The molecule has 0 heterocycles. The lowest BCUT2D eigenvalue weighted by molar-refractivity contribution is -0.156. The van der Waals surface area contributed by atoms with E-state index in [4.69, 9.17) is 4.74 Å². The fraction of sp³-hybridized carbons (Fsp3) is 0.458. The van der Waals surface area contributed by atoms with Crippen molar-refractivity contribution in [2.24, 2.45) is 11.8 Å². The molecule has 2 aromatic carbocycles. The molecule has 1 saturated carbocycles. The molecule has 0 radical (unpaired) electrons. The first kappa shape index (κ1) is 18.2. The smallest absolute Gasteiger partial charge is 0.309 e. The van der Waals surface area contributed by atoms with E-state index in [1.807, 2.05) is 12.1 Å². The molecule has 2 aliphatic rings. The van der Waals surface area contributed by atoms with Crippen molar-refractivity contribution in [2.75, 3.05) is 7.11 Å². The lowest BCUT2D eigenvalue weighted by Gasteiger charge is -2.46. The lowest BCUT2D eigenvalue weighted by atomic mass is 9.62. The van der Waals surface area contributed by atoms with Crippen molar-refractivity contribution in [2.45, 2.75) is 50.0 Å². The van der Waals surface area contributed by atoms with Crippen molar-refractivity contribution >= 4 is 5.97 Å². The number of carbonyl (C=O) groups excluding carboxylic acids is 1. The molecule has 1 fully saturated rings. The van der Waals surface area contributed by atoms with E-state index in [0.717, 1.165) is 32.1 Å². The minimum atomic E-state index is -0.875. The summed E-state index contributed by atoms with van der Waals surface area (Å²) in [5.41, 5.74) is 2.73. The predicted molar refractivity (Wildman–Crippen MR) is 105 cm³/mol. The molecule has 27 heavy (non-hydrogen) atoms. The molecule has 1 N–H and O–H groups in total. The van der Waals surface area contributed by atoms with Crippen LogP contribution in [0.5, 0.6) is 0 Å². The molecule has 0 amide bonds. The number of esters is 1. The van der Waals surface area contributed by atoms with Gasteiger partial charge in [0.1, 0.15) is 0 Å². The standard InChI is InChI=1S/C24H28O3/c1-27-23(25)20-16-18-11-5-6-12-19(18)22(15-17-9-3-2-4-10-17)24(26)14-8-7-13-21(20)24/h2-6,9-12,20-22,26H,7-8,13-16H2,1H3/t20-,21+,22+,24+/m1/s1. The van der Waals surface area contributed by atoms with Crippen molar-refractivity contribution in [3.05, 3.63) is 71.3 Å². The van der Waals surface area contributed by atoms with Crippen LogP contribution < -0.4 is 0 Å². The number of rotatable bonds is 3. The van der Waals surface area contributed by atoms with E-state index < -0.39 is 5.60 Å². The molecular weight excluding hydrogens is 336 g/mol. The topological polar surface area (TPSA) is 46.5 Å². The van der Waals surface area contributed by atoms with Crippen LogP contribution in [0.1, 0.15) is 48.3 Å². The van der Waals surface area contributed by atoms with Gasteiger partial charge in [0, 0.05) is 11.8 Å². The molecular formula is C24H28O3. The van der Waals surface area contributed by atoms with E-state index >= 15 is 0 Å². The van der Waals surface area contributed by atoms with Crippen LogP contribution >= 0.6 is 0 Å². The fourth-order valence-electron chi connectivity index (χ4n) is 5.43. The minimum absolute atomic E-state index is 0.00365. The van der Waals surface area contributed by atoms with Gasteiger partial charge in [0.15, 0.2) is 0 Å². The Bertz CT molecular complexity index is 800. The maximum atomic E-state index is 12.7. The molecule has 0 aliphatic heterocycles. The molecule has 0 bridgehead atoms. The van der Waals surface area contributed by atoms with E-state index in [0.29, 0.717) is 6.42 Å². The number of hydrogen-bond donors (Lipinski definition) is 1. The summed E-state index contributed by atoms with van der Waals surface area (Å²) in [6.45, 7) is 0. The summed E-state index contributed by atoms with van der Waals surface area (Å²) in [4.78, 5) is 12.7. The Morgan fingerprint density at radius 2 is 1.85 bits per heavy atom. The van der Waals surface area contributed by atoms with E-state index in [9.17, 15) is 9.90 Å². The maximum absolute atomic E-state index is 12.7. The molecule has 4 atom stereocenters. The summed E-state index contributed by atoms with van der Waals surface area (Å²) in [5, 5.41) is 12.0. The molecule has 4 rings (SSSR count). The summed E-state index contributed by atoms with van der Waals surface area (Å²) < 4.78 is 5.16. The van der Waals surface area contributed by atoms with E-state index in [-0.39, 0.29) is 23.7 Å². The second kappa shape index (κ2) is 7.47. The second-order valence-corrected chi connectivity index (χ2v) is 8.12. The van der Waals surface area contributed by atoms with Crippen LogP contribution in [0.15, 0.2) is 54.6 Å². The third-order valence-electron chi connectivity index (χ3n) is 6.73. The van der Waals surface area contributed by atoms with Gasteiger partial charge in [-0.15, -0.1) is 0 Å². The largest absolute Gasteiger partial charge is 0.469 e. The zero-order valence-corrected chi connectivity index (χ0v) is 15.9. The van der Waals surface area contributed by atoms with Crippen molar-refractivity contribution < 1.29 is 14.6 Å². The van der Waals surface area contributed by atoms with Crippen LogP contribution in [0.25, 0.3) is 0 Å². The first-order valence-electron chi connectivity index (χ1n) is 10.1. The molecule has 0 saturated heterocycles. The number of ether oxygens (including phenoxy) is 1. The van der Waals surface area contributed by atoms with E-state index in [1.54, 1.807) is 0 Å². The van der Waals surface area contributed by atoms with Crippen LogP contribution in [0.4, 0.5) is 0 Å². The number of aliphatic hydroxyl groups is 1. The zero-order chi connectivity index (χ0) is 18.9. The molecule has 3 nitrogen and oxygen atoms in total. The Hall–Kier alpha value is -2.13. The normalized spacial score (nSPS) is 29.9. The van der Waals surface area contributed by atoms with Gasteiger partial charge >= 0.3 is 5.97 Å². The van der Waals surface area contributed by atoms with Crippen molar-refractivity contribution in [1.82, 2.24) is 0 Å². The summed E-state index contributed by atoms with van der Waals surface area (Å²) in [6.07, 6.45) is 5.15. The van der Waals surface area contributed by atoms with Crippen LogP contribution in [0, 0.1) is 11.8 Å². The van der Waals surface area contributed by atoms with Gasteiger partial charge < -0.3 is 9.84 Å². The predicted octanol–water partition coefficient (Wildman–Crippen LogP) is 4.28. The summed E-state index contributed by atoms with van der Waals surface area (Å²) >= 11 is 0. The average Bonchev–Trinajstić information content (AvgIpc) is 2.81. The monoisotopic (exact) mass is 364 g/mol. The quantitative estimate of drug-likeness (QED) is 0.827. The molecule has 142 valence electrons. The highest BCUT2D eigenvalue weighted by molar-refractivity contribution is 5.74. The summed E-state index contributed by atoms with van der Waals surface area (Å²) in [7, 11) is 1.46. The van der Waals surface area contributed by atoms with Crippen molar-refractivity contribution in [3.8, 4) is 0 Å². The Kier molecular flexibility index (Phi) is 5.05. The van der Waals surface area contributed by atoms with Crippen molar-refractivity contribution in [3.63, 3.8) is 0 Å². The molecule has 2 aliphatic carbocycles. The van der Waals surface area contributed by atoms with Gasteiger partial charge in [-0.3, -0.25) is 4.79 Å². The number of fused-ring (bicyclic) bond motifs is 2. The van der Waals surface area contributed by atoms with Crippen LogP contribution in [0.3, 0.4) is 0 Å². The zero-order valence-electron chi connectivity index (χ0n) is 15.9. The number of hydrogen-bond acceptors (Lipinski definition) is 3. The number of benzene rings is 2. The third kappa shape index (κ3) is 3.29. The van der Waals surface area contributed by atoms with Gasteiger partial charge in [-0.05, 0) is 42.4 Å². The summed E-state index contributed by atoms with van der Waals surface area (Å²) in [6, 6.07) is 18.7. The maximum Gasteiger partial charge on any atom is 0.309 e. The highest BCUT2D eigenvalue weighted by Crippen LogP contribution is 2.52. The SMILES string of the molecule is COC(=O)[C@@H]1Cc2ccccc2[C@H](Cc2ccccc2)[C@]2(O)CCCC[C@@H]12. The van der Waals surface area contributed by atoms with Crippen molar-refractivity contribution in [1.29, 1.82) is 0 Å². The second-order valence-electron chi connectivity index (χ2n) is 8.12. The minimum Gasteiger partial charge on any atom is -0.469 e. The molecule has 2 aromatic rings. The Balaban J connectivity index is 1.83. The average molecular weight is 364 g/mol. The van der Waals surface area contributed by atoms with Gasteiger partial charge in [-0.2, -0.15) is 0 Å². The van der Waals surface area contributed by atoms with E-state index in [1.165, 1.54) is 23.8 Å². The fourth-order valence-corrected chi connectivity index (χ4v) is 5.43.